The van der Waals surface area contributed by atoms with Crippen molar-refractivity contribution in [3.63, 3.8) is 0 Å². The van der Waals surface area contributed by atoms with Crippen molar-refractivity contribution in [1.29, 1.82) is 0 Å². The molecule has 15 heavy (non-hydrogen) atoms. The molecule has 4 atom stereocenters. The van der Waals surface area contributed by atoms with E-state index in [0.717, 1.165) is 23.7 Å². The molecule has 0 spiro atoms. The van der Waals surface area contributed by atoms with Crippen LogP contribution in [0.15, 0.2) is 0 Å². The second-order valence-corrected chi connectivity index (χ2v) is 6.26. The normalized spacial score (nSPS) is 42.8. The third-order valence-electron chi connectivity index (χ3n) is 4.50. The maximum Gasteiger partial charge on any atom is -0.0324 e. The summed E-state index contributed by atoms with van der Waals surface area (Å²) in [5.41, 5.74) is 0. The standard InChI is InChI=1S/C15H27/c1-12-5-3-7-14(9-12)11-15-8-4-6-13(2)10-15/h11-15H,3-10H2,1-2H3. The zero-order chi connectivity index (χ0) is 10.7. The Kier molecular flexibility index (Phi) is 4.11. The predicted octanol–water partition coefficient (Wildman–Crippen LogP) is 4.84. The molecule has 1 radical (unpaired) electrons. The summed E-state index contributed by atoms with van der Waals surface area (Å²) in [6.07, 6.45) is 14.6. The van der Waals surface area contributed by atoms with E-state index in [1.165, 1.54) is 51.4 Å². The molecule has 4 unspecified atom stereocenters. The topological polar surface area (TPSA) is 0 Å². The number of hydrogen-bond acceptors (Lipinski definition) is 0. The van der Waals surface area contributed by atoms with Gasteiger partial charge in [0.15, 0.2) is 0 Å². The maximum absolute atomic E-state index is 2.74. The van der Waals surface area contributed by atoms with Gasteiger partial charge in [0.25, 0.3) is 0 Å². The van der Waals surface area contributed by atoms with Gasteiger partial charge in [0.1, 0.15) is 0 Å². The van der Waals surface area contributed by atoms with E-state index in [4.69, 9.17) is 0 Å². The smallest absolute Gasteiger partial charge is 0.0324 e. The van der Waals surface area contributed by atoms with Gasteiger partial charge in [-0.1, -0.05) is 52.4 Å². The van der Waals surface area contributed by atoms with Gasteiger partial charge in [-0.3, -0.25) is 0 Å². The van der Waals surface area contributed by atoms with E-state index in [9.17, 15) is 0 Å². The lowest BCUT2D eigenvalue weighted by molar-refractivity contribution is 0.250. The van der Waals surface area contributed by atoms with Gasteiger partial charge in [-0.05, 0) is 42.9 Å². The van der Waals surface area contributed by atoms with E-state index >= 15 is 0 Å². The molecule has 2 rings (SSSR count). The van der Waals surface area contributed by atoms with E-state index in [-0.39, 0.29) is 0 Å². The van der Waals surface area contributed by atoms with Crippen molar-refractivity contribution in [1.82, 2.24) is 0 Å². The first kappa shape index (κ1) is 11.5. The van der Waals surface area contributed by atoms with Crippen LogP contribution in [0.2, 0.25) is 0 Å². The molecule has 2 saturated carbocycles. The van der Waals surface area contributed by atoms with Gasteiger partial charge in [-0.25, -0.2) is 0 Å². The van der Waals surface area contributed by atoms with Gasteiger partial charge < -0.3 is 0 Å². The maximum atomic E-state index is 2.74. The summed E-state index contributed by atoms with van der Waals surface area (Å²) >= 11 is 0. The largest absolute Gasteiger partial charge is 0.0625 e. The summed E-state index contributed by atoms with van der Waals surface area (Å²) in [4.78, 5) is 0. The Morgan fingerprint density at radius 1 is 0.733 bits per heavy atom. The fraction of sp³-hybridized carbons (Fsp3) is 0.933. The Bertz CT molecular complexity index is 164. The third kappa shape index (κ3) is 3.50. The highest BCUT2D eigenvalue weighted by Crippen LogP contribution is 2.37. The van der Waals surface area contributed by atoms with Crippen LogP contribution < -0.4 is 0 Å². The fourth-order valence-corrected chi connectivity index (χ4v) is 3.70. The molecule has 0 aromatic heterocycles. The van der Waals surface area contributed by atoms with Gasteiger partial charge in [0.05, 0.1) is 0 Å². The van der Waals surface area contributed by atoms with E-state index in [1.807, 2.05) is 0 Å². The van der Waals surface area contributed by atoms with Crippen LogP contribution in [0.1, 0.15) is 65.2 Å². The lowest BCUT2D eigenvalue weighted by atomic mass is 9.73. The monoisotopic (exact) mass is 207 g/mol. The van der Waals surface area contributed by atoms with Crippen LogP contribution in [0.3, 0.4) is 0 Å². The van der Waals surface area contributed by atoms with Crippen LogP contribution in [0.4, 0.5) is 0 Å². The SMILES string of the molecule is CC1CCCC([CH]C2CCCC(C)C2)C1. The molecular weight excluding hydrogens is 180 g/mol. The summed E-state index contributed by atoms with van der Waals surface area (Å²) < 4.78 is 0. The quantitative estimate of drug-likeness (QED) is 0.607. The molecule has 0 aliphatic heterocycles. The molecule has 0 N–H and O–H groups in total. The molecule has 2 aliphatic carbocycles. The third-order valence-corrected chi connectivity index (χ3v) is 4.50. The lowest BCUT2D eigenvalue weighted by Crippen LogP contribution is -2.21. The number of hydrogen-bond donors (Lipinski definition) is 0. The van der Waals surface area contributed by atoms with Crippen LogP contribution in [0, 0.1) is 30.1 Å². The van der Waals surface area contributed by atoms with E-state index in [1.54, 1.807) is 0 Å². The minimum absolute atomic E-state index is 0.962. The molecule has 0 saturated heterocycles. The van der Waals surface area contributed by atoms with Gasteiger partial charge in [-0.2, -0.15) is 0 Å². The zero-order valence-electron chi connectivity index (χ0n) is 10.5. The molecule has 87 valence electrons. The van der Waals surface area contributed by atoms with Crippen molar-refractivity contribution in [2.45, 2.75) is 65.2 Å². The van der Waals surface area contributed by atoms with Crippen molar-refractivity contribution < 1.29 is 0 Å². The van der Waals surface area contributed by atoms with Gasteiger partial charge in [-0.15, -0.1) is 0 Å². The van der Waals surface area contributed by atoms with E-state index in [0.29, 0.717) is 0 Å². The first-order valence-corrected chi connectivity index (χ1v) is 7.09. The predicted molar refractivity (Wildman–Crippen MR) is 66.5 cm³/mol. The average Bonchev–Trinajstić information content (AvgIpc) is 2.17. The van der Waals surface area contributed by atoms with Crippen LogP contribution in [-0.4, -0.2) is 0 Å². The van der Waals surface area contributed by atoms with Crippen LogP contribution >= 0.6 is 0 Å². The zero-order valence-corrected chi connectivity index (χ0v) is 10.5. The highest BCUT2D eigenvalue weighted by molar-refractivity contribution is 4.89. The summed E-state index contributed by atoms with van der Waals surface area (Å²) in [6.45, 7) is 4.87. The molecule has 2 fully saturated rings. The van der Waals surface area contributed by atoms with Gasteiger partial charge in [0.2, 0.25) is 0 Å². The highest BCUT2D eigenvalue weighted by Gasteiger charge is 2.25. The molecule has 0 aromatic rings. The second kappa shape index (κ2) is 5.37. The van der Waals surface area contributed by atoms with Crippen molar-refractivity contribution in [3.05, 3.63) is 6.42 Å². The van der Waals surface area contributed by atoms with Crippen molar-refractivity contribution in [3.8, 4) is 0 Å². The molecular formula is C15H27. The minimum Gasteiger partial charge on any atom is -0.0625 e. The minimum atomic E-state index is 0.962. The fourth-order valence-electron chi connectivity index (χ4n) is 3.70. The summed E-state index contributed by atoms with van der Waals surface area (Å²) in [5, 5.41) is 0. The van der Waals surface area contributed by atoms with Crippen molar-refractivity contribution in [2.75, 3.05) is 0 Å². The lowest BCUT2D eigenvalue weighted by Gasteiger charge is -2.33. The second-order valence-electron chi connectivity index (χ2n) is 6.26. The van der Waals surface area contributed by atoms with Crippen LogP contribution in [0.5, 0.6) is 0 Å². The van der Waals surface area contributed by atoms with Gasteiger partial charge >= 0.3 is 0 Å². The molecule has 0 bridgehead atoms. The van der Waals surface area contributed by atoms with Crippen molar-refractivity contribution in [2.24, 2.45) is 23.7 Å². The molecule has 0 amide bonds. The first-order chi connectivity index (χ1) is 7.24. The average molecular weight is 207 g/mol. The van der Waals surface area contributed by atoms with Crippen LogP contribution in [-0.2, 0) is 0 Å². The Labute approximate surface area is 95.8 Å². The Morgan fingerprint density at radius 2 is 1.20 bits per heavy atom. The highest BCUT2D eigenvalue weighted by atomic mass is 14.3. The summed E-state index contributed by atoms with van der Waals surface area (Å²) in [5.74, 6) is 3.90. The molecule has 0 heterocycles. The number of rotatable bonds is 2. The Morgan fingerprint density at radius 3 is 1.60 bits per heavy atom. The Hall–Kier alpha value is 0. The molecule has 0 heteroatoms. The van der Waals surface area contributed by atoms with Gasteiger partial charge in [0, 0.05) is 0 Å². The van der Waals surface area contributed by atoms with Crippen molar-refractivity contribution >= 4 is 0 Å². The Balaban J connectivity index is 1.75. The van der Waals surface area contributed by atoms with E-state index in [2.05, 4.69) is 20.3 Å². The van der Waals surface area contributed by atoms with E-state index < -0.39 is 0 Å². The summed E-state index contributed by atoms with van der Waals surface area (Å²) in [7, 11) is 0. The molecule has 2 aliphatic rings. The van der Waals surface area contributed by atoms with Crippen LogP contribution in [0.25, 0.3) is 0 Å². The first-order valence-electron chi connectivity index (χ1n) is 7.09. The summed E-state index contributed by atoms with van der Waals surface area (Å²) in [6, 6.07) is 0. The molecule has 0 aromatic carbocycles. The molecule has 0 nitrogen and oxygen atoms in total.